The molecule has 0 aliphatic rings. The summed E-state index contributed by atoms with van der Waals surface area (Å²) in [6, 6.07) is 6.28. The Labute approximate surface area is 189 Å². The van der Waals surface area contributed by atoms with E-state index in [0.717, 1.165) is 11.6 Å². The van der Waals surface area contributed by atoms with Crippen molar-refractivity contribution in [2.75, 3.05) is 32.3 Å². The minimum Gasteiger partial charge on any atom is -0.493 e. The van der Waals surface area contributed by atoms with Crippen LogP contribution in [0.5, 0.6) is 11.5 Å². The molecule has 33 heavy (non-hydrogen) atoms. The van der Waals surface area contributed by atoms with Crippen molar-refractivity contribution in [3.63, 3.8) is 0 Å². The smallest absolute Gasteiger partial charge is 0.191 e. The zero-order chi connectivity index (χ0) is 23.5. The number of hydrogen-bond acceptors (Lipinski definition) is 7. The Morgan fingerprint density at radius 1 is 1.03 bits per heavy atom. The number of ether oxygens (including phenoxy) is 2. The third kappa shape index (κ3) is 4.29. The first kappa shape index (κ1) is 22.4. The monoisotopic (exact) mass is 455 g/mol. The molecule has 0 atom stereocenters. The Balaban J connectivity index is 1.86. The standard InChI is InChI=1S/C23H23F2N5O3/c1-29-13-14(11-27-29)18-12-26-16-6-5-15(9-17(16)28-18)30(7-4-8-31)23-21(24)19(32-2)10-20(33-3)22(23)25/h5-6,9-13,31H,4,7-8H2,1-3H3. The lowest BCUT2D eigenvalue weighted by Crippen LogP contribution is -2.22. The molecule has 0 fully saturated rings. The minimum absolute atomic E-state index is 0.141. The van der Waals surface area contributed by atoms with Crippen LogP contribution in [-0.4, -0.2) is 52.2 Å². The molecule has 0 unspecified atom stereocenters. The maximum atomic E-state index is 15.3. The Hall–Kier alpha value is -3.79. The zero-order valence-corrected chi connectivity index (χ0v) is 18.4. The summed E-state index contributed by atoms with van der Waals surface area (Å²) in [6.07, 6.45) is 5.42. The first-order chi connectivity index (χ1) is 16.0. The van der Waals surface area contributed by atoms with E-state index in [2.05, 4.69) is 15.1 Å². The van der Waals surface area contributed by atoms with E-state index in [1.54, 1.807) is 42.3 Å². The molecule has 0 spiro atoms. The second kappa shape index (κ2) is 9.37. The third-order valence-corrected chi connectivity index (χ3v) is 5.20. The van der Waals surface area contributed by atoms with Gasteiger partial charge in [0.2, 0.25) is 0 Å². The summed E-state index contributed by atoms with van der Waals surface area (Å²) in [6.45, 7) is -0.0126. The fourth-order valence-corrected chi connectivity index (χ4v) is 3.57. The van der Waals surface area contributed by atoms with Crippen LogP contribution in [0.4, 0.5) is 20.2 Å². The summed E-state index contributed by atoms with van der Waals surface area (Å²) >= 11 is 0. The molecule has 0 saturated heterocycles. The van der Waals surface area contributed by atoms with Crippen LogP contribution in [0.15, 0.2) is 42.9 Å². The number of fused-ring (bicyclic) bond motifs is 1. The SMILES string of the molecule is COc1cc(OC)c(F)c(N(CCCO)c2ccc3ncc(-c4cnn(C)c4)nc3c2)c1F. The normalized spacial score (nSPS) is 11.1. The summed E-state index contributed by atoms with van der Waals surface area (Å²) in [4.78, 5) is 10.5. The van der Waals surface area contributed by atoms with Crippen molar-refractivity contribution in [1.82, 2.24) is 19.7 Å². The van der Waals surface area contributed by atoms with Gasteiger partial charge in [-0.05, 0) is 24.6 Å². The van der Waals surface area contributed by atoms with Crippen molar-refractivity contribution in [1.29, 1.82) is 0 Å². The van der Waals surface area contributed by atoms with Gasteiger partial charge in [-0.15, -0.1) is 0 Å². The summed E-state index contributed by atoms with van der Waals surface area (Å²) in [7, 11) is 4.40. The lowest BCUT2D eigenvalue weighted by atomic mass is 10.1. The number of aryl methyl sites for hydroxylation is 1. The fourth-order valence-electron chi connectivity index (χ4n) is 3.57. The van der Waals surface area contributed by atoms with Crippen LogP contribution < -0.4 is 14.4 Å². The molecule has 0 saturated carbocycles. The lowest BCUT2D eigenvalue weighted by molar-refractivity contribution is 0.290. The molecule has 1 N–H and O–H groups in total. The predicted molar refractivity (Wildman–Crippen MR) is 120 cm³/mol. The molecule has 10 heteroatoms. The molecule has 0 radical (unpaired) electrons. The van der Waals surface area contributed by atoms with Crippen molar-refractivity contribution >= 4 is 22.4 Å². The number of aliphatic hydroxyl groups is 1. The van der Waals surface area contributed by atoms with E-state index in [4.69, 9.17) is 9.47 Å². The summed E-state index contributed by atoms with van der Waals surface area (Å²) in [5.74, 6) is -2.05. The van der Waals surface area contributed by atoms with Crippen molar-refractivity contribution in [2.45, 2.75) is 6.42 Å². The van der Waals surface area contributed by atoms with Crippen molar-refractivity contribution in [3.8, 4) is 22.8 Å². The molecular weight excluding hydrogens is 432 g/mol. The van der Waals surface area contributed by atoms with Gasteiger partial charge in [0.1, 0.15) is 5.69 Å². The molecule has 0 amide bonds. The van der Waals surface area contributed by atoms with E-state index in [-0.39, 0.29) is 36.8 Å². The number of hydrogen-bond donors (Lipinski definition) is 1. The van der Waals surface area contributed by atoms with Crippen LogP contribution in [0.2, 0.25) is 0 Å². The van der Waals surface area contributed by atoms with Crippen molar-refractivity contribution < 1.29 is 23.4 Å². The van der Waals surface area contributed by atoms with Gasteiger partial charge in [-0.1, -0.05) is 0 Å². The molecule has 0 bridgehead atoms. The van der Waals surface area contributed by atoms with E-state index >= 15 is 8.78 Å². The largest absolute Gasteiger partial charge is 0.493 e. The number of halogens is 2. The fraction of sp³-hybridized carbons (Fsp3) is 0.261. The average molecular weight is 455 g/mol. The van der Waals surface area contributed by atoms with Crippen LogP contribution in [0.3, 0.4) is 0 Å². The number of aliphatic hydroxyl groups excluding tert-OH is 1. The highest BCUT2D eigenvalue weighted by Crippen LogP contribution is 2.40. The Morgan fingerprint density at radius 2 is 1.76 bits per heavy atom. The lowest BCUT2D eigenvalue weighted by Gasteiger charge is -2.27. The third-order valence-electron chi connectivity index (χ3n) is 5.20. The summed E-state index contributed by atoms with van der Waals surface area (Å²) < 4.78 is 42.3. The van der Waals surface area contributed by atoms with Gasteiger partial charge in [0.25, 0.3) is 0 Å². The maximum absolute atomic E-state index is 15.3. The first-order valence-corrected chi connectivity index (χ1v) is 10.2. The Morgan fingerprint density at radius 3 is 2.36 bits per heavy atom. The van der Waals surface area contributed by atoms with Crippen LogP contribution >= 0.6 is 0 Å². The predicted octanol–water partition coefficient (Wildman–Crippen LogP) is 3.85. The molecular formula is C23H23F2N5O3. The van der Waals surface area contributed by atoms with Gasteiger partial charge in [0.05, 0.1) is 43.3 Å². The first-order valence-electron chi connectivity index (χ1n) is 10.2. The van der Waals surface area contributed by atoms with E-state index in [9.17, 15) is 5.11 Å². The van der Waals surface area contributed by atoms with Gasteiger partial charge in [0.15, 0.2) is 23.1 Å². The second-order valence-electron chi connectivity index (χ2n) is 7.32. The molecule has 4 rings (SSSR count). The number of methoxy groups -OCH3 is 2. The second-order valence-corrected chi connectivity index (χ2v) is 7.32. The van der Waals surface area contributed by atoms with Crippen LogP contribution in [0, 0.1) is 11.6 Å². The number of benzene rings is 2. The van der Waals surface area contributed by atoms with Gasteiger partial charge in [-0.2, -0.15) is 5.10 Å². The van der Waals surface area contributed by atoms with E-state index in [1.807, 2.05) is 6.20 Å². The maximum Gasteiger partial charge on any atom is 0.191 e. The van der Waals surface area contributed by atoms with Gasteiger partial charge in [0, 0.05) is 43.7 Å². The number of aromatic nitrogens is 4. The minimum atomic E-state index is -0.871. The molecule has 2 aromatic carbocycles. The van der Waals surface area contributed by atoms with Crippen molar-refractivity contribution in [2.24, 2.45) is 7.05 Å². The van der Waals surface area contributed by atoms with Crippen LogP contribution in [0.25, 0.3) is 22.3 Å². The molecule has 2 aromatic heterocycles. The van der Waals surface area contributed by atoms with Gasteiger partial charge >= 0.3 is 0 Å². The quantitative estimate of drug-likeness (QED) is 0.432. The highest BCUT2D eigenvalue weighted by molar-refractivity contribution is 5.83. The number of anilines is 2. The Bertz CT molecular complexity index is 1270. The van der Waals surface area contributed by atoms with E-state index in [1.165, 1.54) is 19.1 Å². The van der Waals surface area contributed by atoms with Gasteiger partial charge < -0.3 is 19.5 Å². The summed E-state index contributed by atoms with van der Waals surface area (Å²) in [5, 5.41) is 13.5. The van der Waals surface area contributed by atoms with E-state index < -0.39 is 11.6 Å². The Kier molecular flexibility index (Phi) is 6.36. The molecule has 0 aliphatic carbocycles. The molecule has 172 valence electrons. The number of rotatable bonds is 8. The van der Waals surface area contributed by atoms with Crippen LogP contribution in [0.1, 0.15) is 6.42 Å². The average Bonchev–Trinajstić information content (AvgIpc) is 3.27. The van der Waals surface area contributed by atoms with Gasteiger partial charge in [-0.25, -0.2) is 13.8 Å². The molecule has 4 aromatic rings. The molecule has 2 heterocycles. The number of nitrogens with zero attached hydrogens (tertiary/aromatic N) is 5. The van der Waals surface area contributed by atoms with E-state index in [0.29, 0.717) is 22.4 Å². The highest BCUT2D eigenvalue weighted by Gasteiger charge is 2.26. The van der Waals surface area contributed by atoms with Gasteiger partial charge in [-0.3, -0.25) is 9.67 Å². The zero-order valence-electron chi connectivity index (χ0n) is 18.4. The van der Waals surface area contributed by atoms with Crippen LogP contribution in [-0.2, 0) is 7.05 Å². The molecule has 0 aliphatic heterocycles. The topological polar surface area (TPSA) is 85.5 Å². The molecule has 8 nitrogen and oxygen atoms in total. The van der Waals surface area contributed by atoms with Crippen molar-refractivity contribution in [3.05, 3.63) is 54.5 Å². The summed E-state index contributed by atoms with van der Waals surface area (Å²) in [5.41, 5.74) is 2.72. The highest BCUT2D eigenvalue weighted by atomic mass is 19.1.